The molecule has 0 aliphatic rings. The molecule has 5 heteroatoms. The van der Waals surface area contributed by atoms with Crippen LogP contribution < -0.4 is 11.1 Å². The standard InChI is InChI=1S/C21H36N2O2S/c1-8-9-10-14(13-23-19(22)25)26-15-11-16(20(2,3)4)18(24)17(12-15)21(5,6)7/h11-12,14,24H,8-10,13H2,1-7H3,(H3,22,23,25). The summed E-state index contributed by atoms with van der Waals surface area (Å²) in [6.07, 6.45) is 3.23. The number of rotatable bonds is 7. The zero-order valence-corrected chi connectivity index (χ0v) is 18.2. The molecule has 0 heterocycles. The number of primary amides is 1. The van der Waals surface area contributed by atoms with Crippen LogP contribution >= 0.6 is 11.8 Å². The first-order valence-electron chi connectivity index (χ1n) is 9.44. The Labute approximate surface area is 163 Å². The topological polar surface area (TPSA) is 75.3 Å². The van der Waals surface area contributed by atoms with Crippen molar-refractivity contribution in [1.29, 1.82) is 0 Å². The SMILES string of the molecule is CCCCC(CNC(N)=O)Sc1cc(C(C)(C)C)c(O)c(C(C)(C)C)c1. The molecule has 0 bridgehead atoms. The van der Waals surface area contributed by atoms with Gasteiger partial charge in [-0.2, -0.15) is 0 Å². The molecule has 148 valence electrons. The molecular formula is C21H36N2O2S. The molecule has 4 N–H and O–H groups in total. The number of benzene rings is 1. The van der Waals surface area contributed by atoms with E-state index in [2.05, 4.69) is 65.9 Å². The van der Waals surface area contributed by atoms with E-state index in [9.17, 15) is 9.90 Å². The Balaban J connectivity index is 3.25. The molecule has 2 amide bonds. The zero-order valence-electron chi connectivity index (χ0n) is 17.4. The van der Waals surface area contributed by atoms with Crippen molar-refractivity contribution in [2.45, 2.75) is 88.7 Å². The number of unbranched alkanes of at least 4 members (excludes halogenated alkanes) is 1. The third kappa shape index (κ3) is 6.75. The Kier molecular flexibility index (Phi) is 7.87. The molecule has 0 spiro atoms. The number of nitrogens with one attached hydrogen (secondary N) is 1. The van der Waals surface area contributed by atoms with Crippen LogP contribution in [0.4, 0.5) is 4.79 Å². The van der Waals surface area contributed by atoms with Gasteiger partial charge in [-0.25, -0.2) is 4.79 Å². The highest BCUT2D eigenvalue weighted by Crippen LogP contribution is 2.42. The highest BCUT2D eigenvalue weighted by molar-refractivity contribution is 8.00. The number of phenolic OH excluding ortho intramolecular Hbond substituents is 1. The molecule has 0 saturated carbocycles. The summed E-state index contributed by atoms with van der Waals surface area (Å²) in [5.41, 5.74) is 6.88. The zero-order chi connectivity index (χ0) is 20.1. The molecule has 1 unspecified atom stereocenters. The fourth-order valence-corrected chi connectivity index (χ4v) is 4.07. The summed E-state index contributed by atoms with van der Waals surface area (Å²) >= 11 is 1.76. The number of urea groups is 1. The summed E-state index contributed by atoms with van der Waals surface area (Å²) in [5.74, 6) is 0.398. The lowest BCUT2D eigenvalue weighted by Gasteiger charge is -2.29. The lowest BCUT2D eigenvalue weighted by atomic mass is 9.79. The highest BCUT2D eigenvalue weighted by Gasteiger charge is 2.27. The first kappa shape index (κ1) is 22.7. The van der Waals surface area contributed by atoms with Gasteiger partial charge < -0.3 is 16.2 Å². The van der Waals surface area contributed by atoms with Crippen LogP contribution in [0.15, 0.2) is 17.0 Å². The van der Waals surface area contributed by atoms with Crippen LogP contribution in [0.3, 0.4) is 0 Å². The van der Waals surface area contributed by atoms with Crippen molar-refractivity contribution in [3.63, 3.8) is 0 Å². The van der Waals surface area contributed by atoms with Crippen LogP contribution in [0.2, 0.25) is 0 Å². The average Bonchev–Trinajstić information content (AvgIpc) is 2.48. The number of nitrogens with two attached hydrogens (primary N) is 1. The fraction of sp³-hybridized carbons (Fsp3) is 0.667. The molecule has 0 radical (unpaired) electrons. The summed E-state index contributed by atoms with van der Waals surface area (Å²) in [6, 6.07) is 3.71. The molecule has 1 aromatic carbocycles. The van der Waals surface area contributed by atoms with E-state index in [0.29, 0.717) is 12.3 Å². The normalized spacial score (nSPS) is 13.5. The summed E-state index contributed by atoms with van der Waals surface area (Å²) in [6.45, 7) is 15.4. The van der Waals surface area contributed by atoms with Crippen molar-refractivity contribution >= 4 is 17.8 Å². The Morgan fingerprint density at radius 1 is 1.15 bits per heavy atom. The second-order valence-corrected chi connectivity index (χ2v) is 10.4. The molecule has 4 nitrogen and oxygen atoms in total. The van der Waals surface area contributed by atoms with Gasteiger partial charge in [0.2, 0.25) is 0 Å². The van der Waals surface area contributed by atoms with Crippen LogP contribution in [0, 0.1) is 0 Å². The van der Waals surface area contributed by atoms with Gasteiger partial charge in [0.15, 0.2) is 0 Å². The molecular weight excluding hydrogens is 344 g/mol. The maximum Gasteiger partial charge on any atom is 0.312 e. The quantitative estimate of drug-likeness (QED) is 0.561. The van der Waals surface area contributed by atoms with E-state index in [1.165, 1.54) is 0 Å². The highest BCUT2D eigenvalue weighted by atomic mass is 32.2. The summed E-state index contributed by atoms with van der Waals surface area (Å²) < 4.78 is 0. The molecule has 1 rings (SSSR count). The molecule has 0 aliphatic heterocycles. The number of thioether (sulfide) groups is 1. The number of aromatic hydroxyl groups is 1. The van der Waals surface area contributed by atoms with E-state index < -0.39 is 6.03 Å². The number of hydrogen-bond acceptors (Lipinski definition) is 3. The molecule has 1 atom stereocenters. The van der Waals surface area contributed by atoms with E-state index in [1.807, 2.05) is 0 Å². The first-order chi connectivity index (χ1) is 11.9. The maximum atomic E-state index is 11.1. The summed E-state index contributed by atoms with van der Waals surface area (Å²) in [7, 11) is 0. The lowest BCUT2D eigenvalue weighted by Crippen LogP contribution is -2.34. The van der Waals surface area contributed by atoms with Crippen LogP contribution in [-0.4, -0.2) is 22.9 Å². The minimum Gasteiger partial charge on any atom is -0.507 e. The van der Waals surface area contributed by atoms with Crippen LogP contribution in [0.1, 0.15) is 78.9 Å². The third-order valence-electron chi connectivity index (χ3n) is 4.39. The van der Waals surface area contributed by atoms with Crippen molar-refractivity contribution in [1.82, 2.24) is 5.32 Å². The Bertz CT molecular complexity index is 580. The minimum atomic E-state index is -0.483. The predicted molar refractivity (Wildman–Crippen MR) is 112 cm³/mol. The number of hydrogen-bond donors (Lipinski definition) is 3. The average molecular weight is 381 g/mol. The van der Waals surface area contributed by atoms with E-state index in [4.69, 9.17) is 5.73 Å². The monoisotopic (exact) mass is 380 g/mol. The molecule has 0 aliphatic carbocycles. The predicted octanol–water partition coefficient (Wildman–Crippen LogP) is 5.31. The van der Waals surface area contributed by atoms with Crippen LogP contribution in [0.5, 0.6) is 5.75 Å². The lowest BCUT2D eigenvalue weighted by molar-refractivity contribution is 0.249. The Morgan fingerprint density at radius 3 is 2.04 bits per heavy atom. The van der Waals surface area contributed by atoms with E-state index in [0.717, 1.165) is 35.3 Å². The Morgan fingerprint density at radius 2 is 1.65 bits per heavy atom. The van der Waals surface area contributed by atoms with Gasteiger partial charge in [-0.05, 0) is 29.4 Å². The largest absolute Gasteiger partial charge is 0.507 e. The van der Waals surface area contributed by atoms with Crippen molar-refractivity contribution in [3.8, 4) is 5.75 Å². The molecule has 0 saturated heterocycles. The van der Waals surface area contributed by atoms with Crippen molar-refractivity contribution in [2.24, 2.45) is 5.73 Å². The van der Waals surface area contributed by atoms with Gasteiger partial charge >= 0.3 is 6.03 Å². The fourth-order valence-electron chi connectivity index (χ4n) is 2.86. The number of carbonyl (C=O) groups excluding carboxylic acids is 1. The number of carbonyl (C=O) groups is 1. The van der Waals surface area contributed by atoms with Gasteiger partial charge in [-0.15, -0.1) is 11.8 Å². The summed E-state index contributed by atoms with van der Waals surface area (Å²) in [4.78, 5) is 12.2. The van der Waals surface area contributed by atoms with E-state index in [1.54, 1.807) is 11.8 Å². The second kappa shape index (κ2) is 9.03. The summed E-state index contributed by atoms with van der Waals surface area (Å²) in [5, 5.41) is 13.9. The van der Waals surface area contributed by atoms with Crippen LogP contribution in [0.25, 0.3) is 0 Å². The third-order valence-corrected chi connectivity index (χ3v) is 5.63. The smallest absolute Gasteiger partial charge is 0.312 e. The van der Waals surface area contributed by atoms with Gasteiger partial charge in [-0.1, -0.05) is 61.3 Å². The molecule has 1 aromatic rings. The number of amides is 2. The van der Waals surface area contributed by atoms with Crippen molar-refractivity contribution in [2.75, 3.05) is 6.54 Å². The van der Waals surface area contributed by atoms with Gasteiger partial charge in [0.05, 0.1) is 0 Å². The van der Waals surface area contributed by atoms with Gasteiger partial charge in [0.25, 0.3) is 0 Å². The van der Waals surface area contributed by atoms with E-state index in [-0.39, 0.29) is 16.1 Å². The van der Waals surface area contributed by atoms with Gasteiger partial charge in [0, 0.05) is 27.8 Å². The second-order valence-electron chi connectivity index (χ2n) is 8.99. The molecule has 26 heavy (non-hydrogen) atoms. The van der Waals surface area contributed by atoms with Crippen LogP contribution in [-0.2, 0) is 10.8 Å². The van der Waals surface area contributed by atoms with Gasteiger partial charge in [0.1, 0.15) is 5.75 Å². The maximum absolute atomic E-state index is 11.1. The minimum absolute atomic E-state index is 0.148. The van der Waals surface area contributed by atoms with Gasteiger partial charge in [-0.3, -0.25) is 0 Å². The van der Waals surface area contributed by atoms with E-state index >= 15 is 0 Å². The first-order valence-corrected chi connectivity index (χ1v) is 10.3. The Hall–Kier alpha value is -1.36. The molecule has 0 aromatic heterocycles. The van der Waals surface area contributed by atoms with Crippen molar-refractivity contribution < 1.29 is 9.90 Å². The number of phenols is 1. The van der Waals surface area contributed by atoms with Crippen molar-refractivity contribution in [3.05, 3.63) is 23.3 Å². The molecule has 0 fully saturated rings.